The van der Waals surface area contributed by atoms with Gasteiger partial charge in [0.05, 0.1) is 7.11 Å². The van der Waals surface area contributed by atoms with Crippen LogP contribution in [0.25, 0.3) is 6.08 Å². The first-order valence-electron chi connectivity index (χ1n) is 7.50. The molecule has 1 heterocycles. The van der Waals surface area contributed by atoms with Crippen LogP contribution >= 0.6 is 12.2 Å². The lowest BCUT2D eigenvalue weighted by molar-refractivity contribution is -0.115. The Bertz CT molecular complexity index is 1050. The van der Waals surface area contributed by atoms with Gasteiger partial charge in [-0.05, 0) is 60.3 Å². The summed E-state index contributed by atoms with van der Waals surface area (Å²) in [6.07, 6.45) is 1.52. The topological polar surface area (TPSA) is 93.7 Å². The number of rotatable bonds is 5. The second-order valence-corrected chi connectivity index (χ2v) is 7.32. The maximum absolute atomic E-state index is 13.0. The highest BCUT2D eigenvalue weighted by Crippen LogP contribution is 2.31. The van der Waals surface area contributed by atoms with Gasteiger partial charge in [0.2, 0.25) is 0 Å². The standard InChI is InChI=1S/C17H13FN2O5S2/c1-24-15-9-10(8-13-16(21)20-17(26)19-13)2-7-14(15)25-27(22,23)12-5-3-11(18)4-6-12/h2-9H,1H3,(H2,19,20,21,26)/b13-8+. The summed E-state index contributed by atoms with van der Waals surface area (Å²) in [5, 5.41) is 5.33. The monoisotopic (exact) mass is 408 g/mol. The lowest BCUT2D eigenvalue weighted by Crippen LogP contribution is -2.21. The molecule has 2 N–H and O–H groups in total. The Hall–Kier alpha value is -2.98. The van der Waals surface area contributed by atoms with Crippen LogP contribution in [0.4, 0.5) is 4.39 Å². The minimum absolute atomic E-state index is 0.0525. The number of nitrogens with one attached hydrogen (secondary N) is 2. The van der Waals surface area contributed by atoms with Crippen LogP contribution in [0.15, 0.2) is 53.1 Å². The fraction of sp³-hybridized carbons (Fsp3) is 0.0588. The SMILES string of the molecule is COc1cc(/C=C2/NC(=S)NC2=O)ccc1OS(=O)(=O)c1ccc(F)cc1. The number of ether oxygens (including phenoxy) is 1. The predicted octanol–water partition coefficient (Wildman–Crippen LogP) is 1.95. The smallest absolute Gasteiger partial charge is 0.339 e. The molecule has 0 bridgehead atoms. The first kappa shape index (κ1) is 18.8. The summed E-state index contributed by atoms with van der Waals surface area (Å²) in [5.41, 5.74) is 0.801. The average molecular weight is 408 g/mol. The first-order chi connectivity index (χ1) is 12.8. The second-order valence-electron chi connectivity index (χ2n) is 5.37. The van der Waals surface area contributed by atoms with Crippen LogP contribution in [0.1, 0.15) is 5.56 Å². The van der Waals surface area contributed by atoms with Crippen LogP contribution in [-0.4, -0.2) is 26.5 Å². The number of carbonyl (C=O) groups is 1. The lowest BCUT2D eigenvalue weighted by Gasteiger charge is -2.11. The number of methoxy groups -OCH3 is 1. The molecule has 0 spiro atoms. The summed E-state index contributed by atoms with van der Waals surface area (Å²) < 4.78 is 47.9. The zero-order chi connectivity index (χ0) is 19.6. The Kier molecular flexibility index (Phi) is 5.10. The first-order valence-corrected chi connectivity index (χ1v) is 9.32. The Balaban J connectivity index is 1.89. The van der Waals surface area contributed by atoms with E-state index in [-0.39, 0.29) is 33.1 Å². The molecule has 1 amide bonds. The molecule has 0 aliphatic carbocycles. The van der Waals surface area contributed by atoms with E-state index in [1.165, 1.54) is 25.3 Å². The molecule has 1 aliphatic heterocycles. The number of halogens is 1. The van der Waals surface area contributed by atoms with E-state index in [4.69, 9.17) is 21.1 Å². The van der Waals surface area contributed by atoms with Crippen molar-refractivity contribution < 1.29 is 26.5 Å². The molecule has 0 atom stereocenters. The second kappa shape index (κ2) is 7.33. The van der Waals surface area contributed by atoms with Crippen LogP contribution in [0.3, 0.4) is 0 Å². The summed E-state index contributed by atoms with van der Waals surface area (Å²) in [7, 11) is -2.82. The third-order valence-electron chi connectivity index (χ3n) is 3.52. The molecule has 0 radical (unpaired) electrons. The average Bonchev–Trinajstić information content (AvgIpc) is 2.93. The van der Waals surface area contributed by atoms with E-state index in [9.17, 15) is 17.6 Å². The summed E-state index contributed by atoms with van der Waals surface area (Å²) >= 11 is 4.85. The molecule has 140 valence electrons. The van der Waals surface area contributed by atoms with Crippen molar-refractivity contribution in [2.75, 3.05) is 7.11 Å². The van der Waals surface area contributed by atoms with Crippen molar-refractivity contribution in [2.45, 2.75) is 4.90 Å². The van der Waals surface area contributed by atoms with Crippen molar-refractivity contribution in [2.24, 2.45) is 0 Å². The van der Waals surface area contributed by atoms with Gasteiger partial charge in [0.25, 0.3) is 5.91 Å². The van der Waals surface area contributed by atoms with E-state index >= 15 is 0 Å². The fourth-order valence-electron chi connectivity index (χ4n) is 2.26. The third-order valence-corrected chi connectivity index (χ3v) is 4.97. The largest absolute Gasteiger partial charge is 0.493 e. The molecule has 10 heteroatoms. The molecule has 1 fully saturated rings. The number of thiocarbonyl (C=S) groups is 1. The Morgan fingerprint density at radius 1 is 1.07 bits per heavy atom. The molecule has 2 aromatic carbocycles. The molecule has 0 aromatic heterocycles. The van der Waals surface area contributed by atoms with E-state index in [1.54, 1.807) is 6.07 Å². The zero-order valence-corrected chi connectivity index (χ0v) is 15.5. The third kappa shape index (κ3) is 4.23. The molecular weight excluding hydrogens is 395 g/mol. The number of hydrogen-bond donors (Lipinski definition) is 2. The van der Waals surface area contributed by atoms with E-state index in [0.717, 1.165) is 24.3 Å². The van der Waals surface area contributed by atoms with Crippen LogP contribution in [-0.2, 0) is 14.9 Å². The minimum atomic E-state index is -4.17. The number of carbonyl (C=O) groups excluding carboxylic acids is 1. The van der Waals surface area contributed by atoms with Gasteiger partial charge in [-0.15, -0.1) is 0 Å². The molecular formula is C17H13FN2O5S2. The molecule has 27 heavy (non-hydrogen) atoms. The molecule has 7 nitrogen and oxygen atoms in total. The van der Waals surface area contributed by atoms with Crippen LogP contribution < -0.4 is 19.6 Å². The molecule has 3 rings (SSSR count). The van der Waals surface area contributed by atoms with E-state index in [1.807, 2.05) is 0 Å². The van der Waals surface area contributed by atoms with Crippen LogP contribution in [0, 0.1) is 5.82 Å². The van der Waals surface area contributed by atoms with E-state index in [0.29, 0.717) is 5.56 Å². The maximum Gasteiger partial charge on any atom is 0.339 e. The quantitative estimate of drug-likeness (QED) is 0.444. The van der Waals surface area contributed by atoms with E-state index in [2.05, 4.69) is 10.6 Å². The van der Waals surface area contributed by atoms with Gasteiger partial charge in [0.1, 0.15) is 16.4 Å². The van der Waals surface area contributed by atoms with Crippen molar-refractivity contribution in [3.8, 4) is 11.5 Å². The van der Waals surface area contributed by atoms with Crippen molar-refractivity contribution in [3.63, 3.8) is 0 Å². The number of amides is 1. The summed E-state index contributed by atoms with van der Waals surface area (Å²) in [5.74, 6) is -0.856. The molecule has 1 saturated heterocycles. The minimum Gasteiger partial charge on any atom is -0.493 e. The van der Waals surface area contributed by atoms with Crippen molar-refractivity contribution in [3.05, 3.63) is 59.5 Å². The van der Waals surface area contributed by atoms with Gasteiger partial charge in [-0.25, -0.2) is 4.39 Å². The van der Waals surface area contributed by atoms with Gasteiger partial charge in [-0.1, -0.05) is 6.07 Å². The Morgan fingerprint density at radius 3 is 2.37 bits per heavy atom. The highest BCUT2D eigenvalue weighted by molar-refractivity contribution is 7.87. The Labute approximate surface area is 159 Å². The normalized spacial score (nSPS) is 15.4. The summed E-state index contributed by atoms with van der Waals surface area (Å²) in [6.45, 7) is 0. The fourth-order valence-corrected chi connectivity index (χ4v) is 3.40. The molecule has 0 saturated carbocycles. The van der Waals surface area contributed by atoms with Gasteiger partial charge in [-0.3, -0.25) is 10.1 Å². The highest BCUT2D eigenvalue weighted by atomic mass is 32.2. The van der Waals surface area contributed by atoms with Gasteiger partial charge in [-0.2, -0.15) is 8.42 Å². The maximum atomic E-state index is 13.0. The summed E-state index contributed by atoms with van der Waals surface area (Å²) in [6, 6.07) is 8.67. The van der Waals surface area contributed by atoms with Crippen molar-refractivity contribution in [1.82, 2.24) is 10.6 Å². The lowest BCUT2D eigenvalue weighted by atomic mass is 10.1. The number of hydrogen-bond acceptors (Lipinski definition) is 6. The highest BCUT2D eigenvalue weighted by Gasteiger charge is 2.21. The Morgan fingerprint density at radius 2 is 1.78 bits per heavy atom. The van der Waals surface area contributed by atoms with Crippen molar-refractivity contribution >= 4 is 39.4 Å². The van der Waals surface area contributed by atoms with Crippen LogP contribution in [0.5, 0.6) is 11.5 Å². The van der Waals surface area contributed by atoms with Gasteiger partial charge >= 0.3 is 10.1 Å². The zero-order valence-electron chi connectivity index (χ0n) is 13.9. The van der Waals surface area contributed by atoms with Gasteiger partial charge in [0, 0.05) is 0 Å². The molecule has 1 aliphatic rings. The molecule has 2 aromatic rings. The molecule has 0 unspecified atom stereocenters. The predicted molar refractivity (Wildman–Crippen MR) is 99.1 cm³/mol. The van der Waals surface area contributed by atoms with Crippen molar-refractivity contribution in [1.29, 1.82) is 0 Å². The number of benzene rings is 2. The van der Waals surface area contributed by atoms with E-state index < -0.39 is 15.9 Å². The van der Waals surface area contributed by atoms with Gasteiger partial charge < -0.3 is 14.2 Å². The van der Waals surface area contributed by atoms with Gasteiger partial charge in [0.15, 0.2) is 16.6 Å². The van der Waals surface area contributed by atoms with Crippen LogP contribution in [0.2, 0.25) is 0 Å². The summed E-state index contributed by atoms with van der Waals surface area (Å²) in [4.78, 5) is 11.5.